The smallest absolute Gasteiger partial charge is 0.313 e. The second-order valence-electron chi connectivity index (χ2n) is 5.26. The highest BCUT2D eigenvalue weighted by Crippen LogP contribution is 2.09. The molecule has 0 aromatic carbocycles. The number of H-pyrrole nitrogens is 1. The van der Waals surface area contributed by atoms with Crippen molar-refractivity contribution < 1.29 is 4.79 Å². The van der Waals surface area contributed by atoms with Gasteiger partial charge in [0.25, 0.3) is 5.56 Å². The van der Waals surface area contributed by atoms with Gasteiger partial charge in [-0.05, 0) is 46.3 Å². The van der Waals surface area contributed by atoms with E-state index in [0.717, 1.165) is 37.0 Å². The maximum atomic E-state index is 12.2. The molecule has 0 bridgehead atoms. The van der Waals surface area contributed by atoms with E-state index >= 15 is 0 Å². The quantitative estimate of drug-likeness (QED) is 0.736. The number of ketones is 1. The fourth-order valence-electron chi connectivity index (χ4n) is 2.42. The van der Waals surface area contributed by atoms with Crippen molar-refractivity contribution in [1.29, 1.82) is 0 Å². The average molecular weight is 295 g/mol. The van der Waals surface area contributed by atoms with Crippen LogP contribution >= 0.6 is 0 Å². The van der Waals surface area contributed by atoms with Crippen molar-refractivity contribution in [1.82, 2.24) is 14.5 Å². The van der Waals surface area contributed by atoms with E-state index in [1.165, 1.54) is 13.1 Å². The number of rotatable bonds is 8. The lowest BCUT2D eigenvalue weighted by atomic mass is 10.1. The highest BCUT2D eigenvalue weighted by Gasteiger charge is 2.15. The molecule has 1 aromatic heterocycles. The summed E-state index contributed by atoms with van der Waals surface area (Å²) < 4.78 is 1.15. The molecule has 0 aliphatic heterocycles. The fourth-order valence-corrected chi connectivity index (χ4v) is 2.42. The van der Waals surface area contributed by atoms with Crippen LogP contribution in [0.15, 0.2) is 15.8 Å². The van der Waals surface area contributed by atoms with Gasteiger partial charge in [-0.2, -0.15) is 0 Å². The first kappa shape index (κ1) is 17.4. The molecule has 118 valence electrons. The molecular formula is C15H25N3O3. The largest absolute Gasteiger partial charge is 0.328 e. The van der Waals surface area contributed by atoms with E-state index in [-0.39, 0.29) is 17.4 Å². The lowest BCUT2D eigenvalue weighted by molar-refractivity contribution is 0.101. The molecular weight excluding hydrogens is 270 g/mol. The van der Waals surface area contributed by atoms with E-state index in [1.54, 1.807) is 0 Å². The Bertz CT molecular complexity index is 585. The van der Waals surface area contributed by atoms with E-state index in [0.29, 0.717) is 0 Å². The number of nitrogens with one attached hydrogen (secondary N) is 1. The number of aromatic nitrogens is 2. The zero-order valence-corrected chi connectivity index (χ0v) is 13.3. The van der Waals surface area contributed by atoms with Crippen LogP contribution in [-0.2, 0) is 0 Å². The van der Waals surface area contributed by atoms with E-state index in [1.807, 2.05) is 6.92 Å². The van der Waals surface area contributed by atoms with Gasteiger partial charge in [0.15, 0.2) is 5.78 Å². The second-order valence-corrected chi connectivity index (χ2v) is 5.26. The second kappa shape index (κ2) is 7.93. The summed E-state index contributed by atoms with van der Waals surface area (Å²) >= 11 is 0. The SMILES string of the molecule is CCN(CC)CCCC(C)n1c(=O)[nH]cc(C(C)=O)c1=O. The van der Waals surface area contributed by atoms with Crippen molar-refractivity contribution >= 4 is 5.78 Å². The third kappa shape index (κ3) is 4.39. The van der Waals surface area contributed by atoms with Crippen LogP contribution in [0.4, 0.5) is 0 Å². The van der Waals surface area contributed by atoms with Gasteiger partial charge in [-0.3, -0.25) is 14.2 Å². The normalized spacial score (nSPS) is 12.6. The third-order valence-corrected chi connectivity index (χ3v) is 3.82. The van der Waals surface area contributed by atoms with E-state index in [4.69, 9.17) is 0 Å². The molecule has 6 heteroatoms. The number of carbonyl (C=O) groups is 1. The Balaban J connectivity index is 2.85. The Labute approximate surface area is 124 Å². The van der Waals surface area contributed by atoms with Crippen LogP contribution in [0.5, 0.6) is 0 Å². The number of carbonyl (C=O) groups excluding carboxylic acids is 1. The molecule has 1 rings (SSSR count). The minimum absolute atomic E-state index is 0.0326. The topological polar surface area (TPSA) is 75.2 Å². The molecule has 0 aliphatic rings. The molecule has 21 heavy (non-hydrogen) atoms. The van der Waals surface area contributed by atoms with Crippen LogP contribution < -0.4 is 11.2 Å². The molecule has 0 fully saturated rings. The third-order valence-electron chi connectivity index (χ3n) is 3.82. The summed E-state index contributed by atoms with van der Waals surface area (Å²) in [6.45, 7) is 10.3. The first-order valence-electron chi connectivity index (χ1n) is 7.49. The zero-order valence-electron chi connectivity index (χ0n) is 13.3. The van der Waals surface area contributed by atoms with Gasteiger partial charge in [-0.15, -0.1) is 0 Å². The van der Waals surface area contributed by atoms with Crippen molar-refractivity contribution in [2.75, 3.05) is 19.6 Å². The molecule has 0 aliphatic carbocycles. The minimum atomic E-state index is -0.499. The van der Waals surface area contributed by atoms with Crippen LogP contribution in [-0.4, -0.2) is 39.9 Å². The predicted octanol–water partition coefficient (Wildman–Crippen LogP) is 1.42. The molecule has 0 saturated heterocycles. The number of Topliss-reactive ketones (excluding diaryl/α,β-unsaturated/α-hetero) is 1. The molecule has 1 unspecified atom stereocenters. The number of hydrogen-bond donors (Lipinski definition) is 1. The summed E-state index contributed by atoms with van der Waals surface area (Å²) in [6, 6.07) is -0.226. The maximum absolute atomic E-state index is 12.2. The Kier molecular flexibility index (Phi) is 6.55. The van der Waals surface area contributed by atoms with Gasteiger partial charge in [-0.25, -0.2) is 4.79 Å². The van der Waals surface area contributed by atoms with Crippen molar-refractivity contribution in [3.05, 3.63) is 32.6 Å². The molecule has 1 heterocycles. The summed E-state index contributed by atoms with van der Waals surface area (Å²) in [7, 11) is 0. The van der Waals surface area contributed by atoms with Crippen molar-refractivity contribution in [2.24, 2.45) is 0 Å². The van der Waals surface area contributed by atoms with E-state index in [2.05, 4.69) is 23.7 Å². The molecule has 0 saturated carbocycles. The molecule has 0 radical (unpaired) electrons. The summed E-state index contributed by atoms with van der Waals surface area (Å²) in [4.78, 5) is 40.2. The summed E-state index contributed by atoms with van der Waals surface area (Å²) in [5, 5.41) is 0. The summed E-state index contributed by atoms with van der Waals surface area (Å²) in [5.41, 5.74) is -0.924. The Morgan fingerprint density at radius 3 is 2.48 bits per heavy atom. The highest BCUT2D eigenvalue weighted by molar-refractivity contribution is 5.93. The molecule has 0 amide bonds. The van der Waals surface area contributed by atoms with Gasteiger partial charge >= 0.3 is 5.69 Å². The van der Waals surface area contributed by atoms with Gasteiger partial charge in [-0.1, -0.05) is 13.8 Å². The van der Waals surface area contributed by atoms with Gasteiger partial charge in [0.1, 0.15) is 0 Å². The van der Waals surface area contributed by atoms with E-state index < -0.39 is 11.2 Å². The molecule has 1 aromatic rings. The van der Waals surface area contributed by atoms with Crippen LogP contribution in [0.2, 0.25) is 0 Å². The zero-order chi connectivity index (χ0) is 16.0. The predicted molar refractivity (Wildman–Crippen MR) is 83.1 cm³/mol. The lowest BCUT2D eigenvalue weighted by Gasteiger charge is -2.20. The van der Waals surface area contributed by atoms with Crippen molar-refractivity contribution in [3.63, 3.8) is 0 Å². The van der Waals surface area contributed by atoms with E-state index in [9.17, 15) is 14.4 Å². The van der Waals surface area contributed by atoms with Gasteiger partial charge < -0.3 is 9.88 Å². The molecule has 1 N–H and O–H groups in total. The van der Waals surface area contributed by atoms with Crippen LogP contribution in [0.25, 0.3) is 0 Å². The maximum Gasteiger partial charge on any atom is 0.328 e. The number of aromatic amines is 1. The Hall–Kier alpha value is -1.69. The minimum Gasteiger partial charge on any atom is -0.313 e. The Morgan fingerprint density at radius 1 is 1.33 bits per heavy atom. The average Bonchev–Trinajstić information content (AvgIpc) is 2.43. The molecule has 1 atom stereocenters. The monoisotopic (exact) mass is 295 g/mol. The van der Waals surface area contributed by atoms with Crippen LogP contribution in [0.1, 0.15) is 56.9 Å². The molecule has 6 nitrogen and oxygen atoms in total. The van der Waals surface area contributed by atoms with Crippen LogP contribution in [0.3, 0.4) is 0 Å². The standard InChI is InChI=1S/C15H25N3O3/c1-5-17(6-2)9-7-8-11(3)18-14(20)13(12(4)19)10-16-15(18)21/h10-11H,5-9H2,1-4H3,(H,16,21). The van der Waals surface area contributed by atoms with Crippen molar-refractivity contribution in [2.45, 2.75) is 46.6 Å². The highest BCUT2D eigenvalue weighted by atomic mass is 16.2. The summed E-state index contributed by atoms with van der Waals surface area (Å²) in [6.07, 6.45) is 2.83. The number of hydrogen-bond acceptors (Lipinski definition) is 4. The first-order valence-corrected chi connectivity index (χ1v) is 7.49. The summed E-state index contributed by atoms with van der Waals surface area (Å²) in [5.74, 6) is -0.333. The molecule has 0 spiro atoms. The van der Waals surface area contributed by atoms with Gasteiger partial charge in [0, 0.05) is 12.2 Å². The van der Waals surface area contributed by atoms with Gasteiger partial charge in [0.2, 0.25) is 0 Å². The van der Waals surface area contributed by atoms with Crippen LogP contribution in [0, 0.1) is 0 Å². The van der Waals surface area contributed by atoms with Crippen molar-refractivity contribution in [3.8, 4) is 0 Å². The number of nitrogens with zero attached hydrogens (tertiary/aromatic N) is 2. The fraction of sp³-hybridized carbons (Fsp3) is 0.667. The first-order chi connectivity index (χ1) is 9.92. The van der Waals surface area contributed by atoms with Gasteiger partial charge in [0.05, 0.1) is 5.56 Å². The lowest BCUT2D eigenvalue weighted by Crippen LogP contribution is -2.39. The Morgan fingerprint density at radius 2 is 1.95 bits per heavy atom.